The minimum atomic E-state index is -1.72. The number of aliphatic hydroxyl groups excluding tert-OH is 5. The quantitative estimate of drug-likeness (QED) is 0.0246. The summed E-state index contributed by atoms with van der Waals surface area (Å²) in [5.74, 6) is -4.47. The first-order chi connectivity index (χ1) is 34.9. The summed E-state index contributed by atoms with van der Waals surface area (Å²) in [5, 5.41) is 98.9. The molecule has 3 saturated heterocycles. The number of carbonyl (C=O) groups is 3. The first kappa shape index (κ1) is 56.6. The Balaban J connectivity index is 1.33. The number of aromatic hydroxyl groups is 3. The lowest BCUT2D eigenvalue weighted by atomic mass is 9.93. The van der Waals surface area contributed by atoms with Gasteiger partial charge in [0, 0.05) is 17.1 Å². The molecule has 3 heterocycles. The number of hydrogen-bond acceptors (Lipinski definition) is 25. The van der Waals surface area contributed by atoms with Gasteiger partial charge in [0.2, 0.25) is 0 Å². The summed E-state index contributed by atoms with van der Waals surface area (Å²) in [5.41, 5.74) is 17.1. The summed E-state index contributed by atoms with van der Waals surface area (Å²) in [7, 11) is 0. The van der Waals surface area contributed by atoms with Crippen molar-refractivity contribution in [1.29, 1.82) is 0 Å². The van der Waals surface area contributed by atoms with Crippen LogP contribution in [0, 0.1) is 0 Å². The summed E-state index contributed by atoms with van der Waals surface area (Å²) in [6.07, 6.45) is -17.5. The zero-order valence-electron chi connectivity index (χ0n) is 40.5. The van der Waals surface area contributed by atoms with Gasteiger partial charge in [-0.15, -0.1) is 0 Å². The zero-order valence-corrected chi connectivity index (χ0v) is 40.5. The van der Waals surface area contributed by atoms with Crippen LogP contribution in [0.15, 0.2) is 54.6 Å². The Labute approximate surface area is 420 Å². The van der Waals surface area contributed by atoms with Crippen molar-refractivity contribution in [3.63, 3.8) is 0 Å². The number of hydrogen-bond donors (Lipinski definition) is 14. The fourth-order valence-corrected chi connectivity index (χ4v) is 8.52. The number of aliphatic hydroxyl groups is 5. The zero-order chi connectivity index (χ0) is 53.1. The molecule has 15 atom stereocenters. The van der Waals surface area contributed by atoms with E-state index in [-0.39, 0.29) is 46.8 Å². The smallest absolute Gasteiger partial charge is 0.342 e. The topological polar surface area (TPSA) is 401 Å². The number of nitrogens with two attached hydrogens (primary N) is 3. The Hall–Kier alpha value is -5.65. The SMILES string of the molecule is CCCNC1[C@H](O[C@H]2C(COC(=O)c3cc(N)ccc3O)O[C@@H](O[C@H]3C(COC(=O)c4cc(N)ccc4O)O[C@@H](O)C(NCCC)[C@H]3O)C(NCCC)[C@H]2O)OC(COC(=O)c2cc(N)ccc2O)[C@H](O)[C@@H]1O. The van der Waals surface area contributed by atoms with Gasteiger partial charge >= 0.3 is 17.9 Å². The molecule has 17 N–H and O–H groups in total. The Morgan fingerprint density at radius 1 is 0.493 bits per heavy atom. The lowest BCUT2D eigenvalue weighted by Crippen LogP contribution is -2.70. The molecule has 0 aliphatic carbocycles. The molecule has 404 valence electrons. The number of benzene rings is 3. The Morgan fingerprint density at radius 3 is 1.25 bits per heavy atom. The Kier molecular flexibility index (Phi) is 20.2. The normalized spacial score (nSPS) is 30.3. The average molecular weight is 1030 g/mol. The maximum Gasteiger partial charge on any atom is 0.342 e. The lowest BCUT2D eigenvalue weighted by molar-refractivity contribution is -0.352. The van der Waals surface area contributed by atoms with Crippen LogP contribution in [0.25, 0.3) is 0 Å². The minimum absolute atomic E-state index is 0.120. The highest BCUT2D eigenvalue weighted by atomic mass is 16.7. The molecular weight excluding hydrogens is 965 g/mol. The van der Waals surface area contributed by atoms with Gasteiger partial charge in [-0.25, -0.2) is 14.4 Å². The number of phenolic OH excluding ortho intramolecular Hbond substituents is 3. The first-order valence-corrected chi connectivity index (χ1v) is 24.0. The number of phenols is 3. The predicted octanol–water partition coefficient (Wildman–Crippen LogP) is -1.09. The van der Waals surface area contributed by atoms with Gasteiger partial charge in [0.05, 0.1) is 18.1 Å². The van der Waals surface area contributed by atoms with Gasteiger partial charge in [0.1, 0.15) is 109 Å². The second-order valence-corrected chi connectivity index (χ2v) is 17.9. The van der Waals surface area contributed by atoms with E-state index < -0.39 is 147 Å². The number of anilines is 3. The van der Waals surface area contributed by atoms with Crippen molar-refractivity contribution in [3.8, 4) is 17.2 Å². The highest BCUT2D eigenvalue weighted by molar-refractivity contribution is 5.94. The number of esters is 3. The van der Waals surface area contributed by atoms with Crippen LogP contribution in [0.1, 0.15) is 71.1 Å². The van der Waals surface area contributed by atoms with Crippen molar-refractivity contribution in [2.75, 3.05) is 56.7 Å². The van der Waals surface area contributed by atoms with E-state index in [4.69, 9.17) is 55.1 Å². The van der Waals surface area contributed by atoms with Crippen LogP contribution in [0.4, 0.5) is 17.1 Å². The van der Waals surface area contributed by atoms with Crippen molar-refractivity contribution in [1.82, 2.24) is 16.0 Å². The van der Waals surface area contributed by atoms with Gasteiger partial charge in [0.25, 0.3) is 0 Å². The third-order valence-corrected chi connectivity index (χ3v) is 12.4. The predicted molar refractivity (Wildman–Crippen MR) is 257 cm³/mol. The summed E-state index contributed by atoms with van der Waals surface area (Å²) in [6.45, 7) is 4.25. The van der Waals surface area contributed by atoms with Crippen LogP contribution >= 0.6 is 0 Å². The number of ether oxygens (including phenoxy) is 8. The summed E-state index contributed by atoms with van der Waals surface area (Å²) in [4.78, 5) is 39.9. The van der Waals surface area contributed by atoms with Crippen molar-refractivity contribution in [2.45, 2.75) is 132 Å². The van der Waals surface area contributed by atoms with Crippen LogP contribution in [-0.4, -0.2) is 190 Å². The van der Waals surface area contributed by atoms with E-state index in [1.807, 2.05) is 20.8 Å². The van der Waals surface area contributed by atoms with E-state index in [9.17, 15) is 55.2 Å². The monoisotopic (exact) mass is 1030 g/mol. The van der Waals surface area contributed by atoms with Gasteiger partial charge in [-0.3, -0.25) is 0 Å². The molecule has 0 saturated carbocycles. The Bertz CT molecular complexity index is 2320. The minimum Gasteiger partial charge on any atom is -0.507 e. The molecule has 0 spiro atoms. The van der Waals surface area contributed by atoms with Crippen molar-refractivity contribution < 1.29 is 93.1 Å². The van der Waals surface area contributed by atoms with Crippen molar-refractivity contribution in [2.24, 2.45) is 0 Å². The number of carbonyl (C=O) groups excluding carboxylic acids is 3. The van der Waals surface area contributed by atoms with Gasteiger partial charge in [-0.05, 0) is 93.5 Å². The van der Waals surface area contributed by atoms with Gasteiger partial charge in [-0.1, -0.05) is 20.8 Å². The number of nitrogen functional groups attached to an aromatic ring is 3. The standard InChI is InChI=1S/C48H68N6O19/c1-4-13-52-34-39(60)41(32(69-46(34)65)20-67-44(63)26-17-23(50)8-11-29(26)56)72-48-36(54-15-6-3)40(61)42(33(71-48)21-68-45(64)27-18-24(51)9-12-30(27)57)73-47-35(53-14-5-2)38(59)37(58)31(70-47)19-66-43(62)25-16-22(49)7-10-28(25)55/h7-12,16-18,31-42,46-48,52-61,65H,4-6,13-15,19-21,49-51H2,1-3H3/t31?,32?,33?,34?,35?,36?,37-,38+,39+,40+,41-,42-,46+,47-,48-/m0/s1. The Morgan fingerprint density at radius 2 is 0.836 bits per heavy atom. The molecular formula is C48H68N6O19. The maximum atomic E-state index is 13.6. The maximum absolute atomic E-state index is 13.6. The largest absolute Gasteiger partial charge is 0.507 e. The first-order valence-electron chi connectivity index (χ1n) is 24.0. The fraction of sp³-hybridized carbons (Fsp3) is 0.562. The molecule has 73 heavy (non-hydrogen) atoms. The summed E-state index contributed by atoms with van der Waals surface area (Å²) in [6, 6.07) is 7.54. The van der Waals surface area contributed by atoms with Gasteiger partial charge < -0.3 is 112 Å². The molecule has 0 aromatic heterocycles. The van der Waals surface area contributed by atoms with E-state index in [1.54, 1.807) is 0 Å². The van der Waals surface area contributed by atoms with E-state index >= 15 is 0 Å². The molecule has 25 heteroatoms. The van der Waals surface area contributed by atoms with Crippen molar-refractivity contribution >= 4 is 35.0 Å². The average Bonchev–Trinajstić information content (AvgIpc) is 3.36. The second kappa shape index (κ2) is 26.0. The van der Waals surface area contributed by atoms with Crippen LogP contribution in [0.5, 0.6) is 17.2 Å². The highest BCUT2D eigenvalue weighted by Crippen LogP contribution is 2.34. The van der Waals surface area contributed by atoms with E-state index in [0.29, 0.717) is 25.8 Å². The molecule has 6 unspecified atom stereocenters. The molecule has 6 rings (SSSR count). The van der Waals surface area contributed by atoms with Crippen LogP contribution < -0.4 is 33.2 Å². The summed E-state index contributed by atoms with van der Waals surface area (Å²) >= 11 is 0. The van der Waals surface area contributed by atoms with Crippen LogP contribution in [-0.2, 0) is 37.9 Å². The lowest BCUT2D eigenvalue weighted by Gasteiger charge is -2.50. The number of nitrogens with one attached hydrogen (secondary N) is 3. The molecule has 3 aliphatic rings. The molecule has 3 aromatic carbocycles. The van der Waals surface area contributed by atoms with Crippen LogP contribution in [0.2, 0.25) is 0 Å². The number of rotatable bonds is 22. The molecule has 0 amide bonds. The van der Waals surface area contributed by atoms with Crippen LogP contribution in [0.3, 0.4) is 0 Å². The molecule has 0 radical (unpaired) electrons. The second-order valence-electron chi connectivity index (χ2n) is 17.9. The molecule has 0 bridgehead atoms. The van der Waals surface area contributed by atoms with E-state index in [0.717, 1.165) is 0 Å². The van der Waals surface area contributed by atoms with Gasteiger partial charge in [-0.2, -0.15) is 0 Å². The molecule has 25 nitrogen and oxygen atoms in total. The van der Waals surface area contributed by atoms with Gasteiger partial charge in [0.15, 0.2) is 18.9 Å². The summed E-state index contributed by atoms with van der Waals surface area (Å²) < 4.78 is 48.3. The highest BCUT2D eigenvalue weighted by Gasteiger charge is 2.54. The molecule has 3 fully saturated rings. The van der Waals surface area contributed by atoms with E-state index in [1.165, 1.54) is 54.6 Å². The fourth-order valence-electron chi connectivity index (χ4n) is 8.52. The molecule has 3 aromatic rings. The third-order valence-electron chi connectivity index (χ3n) is 12.4. The molecule has 3 aliphatic heterocycles. The van der Waals surface area contributed by atoms with Crippen molar-refractivity contribution in [3.05, 3.63) is 71.3 Å². The van der Waals surface area contributed by atoms with E-state index in [2.05, 4.69) is 16.0 Å². The third kappa shape index (κ3) is 13.9.